The lowest BCUT2D eigenvalue weighted by Crippen LogP contribution is -2.25. The third-order valence-electron chi connectivity index (χ3n) is 3.40. The van der Waals surface area contributed by atoms with Crippen molar-refractivity contribution in [1.82, 2.24) is 20.3 Å². The average Bonchev–Trinajstić information content (AvgIpc) is 3.11. The summed E-state index contributed by atoms with van der Waals surface area (Å²) in [7, 11) is 0. The topological polar surface area (TPSA) is 59.8 Å². The number of carbonyl (C=O) groups is 1. The van der Waals surface area contributed by atoms with Crippen LogP contribution in [0.1, 0.15) is 41.9 Å². The van der Waals surface area contributed by atoms with Crippen molar-refractivity contribution in [3.63, 3.8) is 0 Å². The first-order valence-electron chi connectivity index (χ1n) is 6.61. The minimum Gasteiger partial charge on any atom is -0.348 e. The number of halogens is 1. The molecule has 2 aromatic rings. The van der Waals surface area contributed by atoms with Crippen LogP contribution < -0.4 is 5.32 Å². The number of nitrogens with zero attached hydrogens (tertiary/aromatic N) is 3. The Labute approximate surface area is 115 Å². The summed E-state index contributed by atoms with van der Waals surface area (Å²) in [6, 6.07) is 6.40. The summed E-state index contributed by atoms with van der Waals surface area (Å²) in [6.07, 6.45) is 3.68. The van der Waals surface area contributed by atoms with Crippen LogP contribution in [-0.4, -0.2) is 26.9 Å². The summed E-state index contributed by atoms with van der Waals surface area (Å²) < 4.78 is 14.5. The van der Waals surface area contributed by atoms with Crippen molar-refractivity contribution in [2.45, 2.75) is 31.8 Å². The fraction of sp³-hybridized carbons (Fsp3) is 0.357. The van der Waals surface area contributed by atoms with Crippen molar-refractivity contribution in [3.05, 3.63) is 47.5 Å². The number of amides is 1. The van der Waals surface area contributed by atoms with E-state index >= 15 is 0 Å². The second kappa shape index (κ2) is 5.03. The molecule has 1 N–H and O–H groups in total. The van der Waals surface area contributed by atoms with E-state index in [1.165, 1.54) is 12.1 Å². The molecule has 1 aliphatic rings. The molecule has 1 heterocycles. The maximum absolute atomic E-state index is 12.9. The van der Waals surface area contributed by atoms with E-state index in [9.17, 15) is 9.18 Å². The van der Waals surface area contributed by atoms with Gasteiger partial charge < -0.3 is 5.32 Å². The van der Waals surface area contributed by atoms with Crippen molar-refractivity contribution in [1.29, 1.82) is 0 Å². The maximum Gasteiger partial charge on any atom is 0.273 e. The Balaban J connectivity index is 1.74. The first kappa shape index (κ1) is 12.8. The van der Waals surface area contributed by atoms with E-state index < -0.39 is 0 Å². The van der Waals surface area contributed by atoms with Crippen molar-refractivity contribution in [2.75, 3.05) is 0 Å². The highest BCUT2D eigenvalue weighted by atomic mass is 19.1. The lowest BCUT2D eigenvalue weighted by Gasteiger charge is -2.11. The minimum absolute atomic E-state index is 0.106. The van der Waals surface area contributed by atoms with Crippen LogP contribution in [0, 0.1) is 5.82 Å². The van der Waals surface area contributed by atoms with Gasteiger partial charge in [0.25, 0.3) is 5.91 Å². The molecule has 1 saturated carbocycles. The Bertz CT molecular complexity index is 618. The first-order valence-corrected chi connectivity index (χ1v) is 6.61. The number of rotatable bonds is 4. The molecular weight excluding hydrogens is 259 g/mol. The highest BCUT2D eigenvalue weighted by molar-refractivity contribution is 5.92. The van der Waals surface area contributed by atoms with E-state index in [-0.39, 0.29) is 17.8 Å². The Morgan fingerprint density at radius 2 is 2.10 bits per heavy atom. The van der Waals surface area contributed by atoms with Gasteiger partial charge in [-0.05, 0) is 37.5 Å². The predicted octanol–water partition coefficient (Wildman–Crippen LogP) is 1.92. The van der Waals surface area contributed by atoms with Gasteiger partial charge in [-0.2, -0.15) is 0 Å². The zero-order valence-electron chi connectivity index (χ0n) is 11.1. The van der Waals surface area contributed by atoms with E-state index in [4.69, 9.17) is 0 Å². The highest BCUT2D eigenvalue weighted by Crippen LogP contribution is 2.20. The van der Waals surface area contributed by atoms with Crippen molar-refractivity contribution < 1.29 is 9.18 Å². The Kier molecular flexibility index (Phi) is 3.22. The molecule has 0 radical (unpaired) electrons. The van der Waals surface area contributed by atoms with Crippen LogP contribution >= 0.6 is 0 Å². The van der Waals surface area contributed by atoms with E-state index in [1.54, 1.807) is 23.0 Å². The summed E-state index contributed by atoms with van der Waals surface area (Å²) in [4.78, 5) is 11.8. The van der Waals surface area contributed by atoms with Crippen molar-refractivity contribution in [3.8, 4) is 0 Å². The van der Waals surface area contributed by atoms with Crippen LogP contribution in [-0.2, 0) is 0 Å². The molecule has 1 unspecified atom stereocenters. The second-order valence-corrected chi connectivity index (χ2v) is 5.06. The Morgan fingerprint density at radius 3 is 2.75 bits per heavy atom. The smallest absolute Gasteiger partial charge is 0.273 e. The third kappa shape index (κ3) is 2.68. The van der Waals surface area contributed by atoms with Crippen molar-refractivity contribution >= 4 is 5.91 Å². The van der Waals surface area contributed by atoms with Gasteiger partial charge in [-0.3, -0.25) is 4.79 Å². The van der Waals surface area contributed by atoms with Crippen LogP contribution in [0.2, 0.25) is 0 Å². The molecule has 1 amide bonds. The van der Waals surface area contributed by atoms with Crippen molar-refractivity contribution in [2.24, 2.45) is 0 Å². The summed E-state index contributed by atoms with van der Waals surface area (Å²) in [5.41, 5.74) is 1.22. The van der Waals surface area contributed by atoms with Gasteiger partial charge in [-0.15, -0.1) is 5.10 Å². The molecule has 0 spiro atoms. The van der Waals surface area contributed by atoms with Crippen LogP contribution in [0.3, 0.4) is 0 Å². The minimum atomic E-state index is -0.274. The molecule has 0 aliphatic heterocycles. The number of carbonyl (C=O) groups excluding carboxylic acids is 1. The number of aromatic nitrogens is 3. The molecule has 6 heteroatoms. The number of hydrogen-bond acceptors (Lipinski definition) is 3. The second-order valence-electron chi connectivity index (χ2n) is 5.06. The van der Waals surface area contributed by atoms with Gasteiger partial charge in [0.15, 0.2) is 5.69 Å². The summed E-state index contributed by atoms with van der Waals surface area (Å²) in [6.45, 7) is 1.92. The molecule has 0 saturated heterocycles. The summed E-state index contributed by atoms with van der Waals surface area (Å²) in [5, 5.41) is 10.7. The molecule has 0 bridgehead atoms. The lowest BCUT2D eigenvalue weighted by molar-refractivity contribution is 0.0946. The van der Waals surface area contributed by atoms with Gasteiger partial charge in [0.05, 0.1) is 12.2 Å². The Morgan fingerprint density at radius 1 is 1.40 bits per heavy atom. The van der Waals surface area contributed by atoms with E-state index in [2.05, 4.69) is 15.6 Å². The van der Waals surface area contributed by atoms with Crippen LogP contribution in [0.4, 0.5) is 4.39 Å². The predicted molar refractivity (Wildman–Crippen MR) is 70.7 cm³/mol. The molecule has 3 rings (SSSR count). The number of nitrogens with one attached hydrogen (secondary N) is 1. The fourth-order valence-electron chi connectivity index (χ4n) is 1.95. The van der Waals surface area contributed by atoms with Gasteiger partial charge >= 0.3 is 0 Å². The normalized spacial score (nSPS) is 15.9. The van der Waals surface area contributed by atoms with Gasteiger partial charge in [-0.25, -0.2) is 9.07 Å². The molecule has 20 heavy (non-hydrogen) atoms. The molecule has 1 fully saturated rings. The molecule has 1 aromatic heterocycles. The van der Waals surface area contributed by atoms with Gasteiger partial charge in [0.1, 0.15) is 5.82 Å². The highest BCUT2D eigenvalue weighted by Gasteiger charge is 2.25. The van der Waals surface area contributed by atoms with Crippen LogP contribution in [0.15, 0.2) is 30.5 Å². The quantitative estimate of drug-likeness (QED) is 0.926. The van der Waals surface area contributed by atoms with E-state index in [0.717, 1.165) is 18.4 Å². The zero-order chi connectivity index (χ0) is 14.1. The first-order chi connectivity index (χ1) is 9.63. The largest absolute Gasteiger partial charge is 0.348 e. The molecule has 104 valence electrons. The van der Waals surface area contributed by atoms with E-state index in [0.29, 0.717) is 11.7 Å². The van der Waals surface area contributed by atoms with Gasteiger partial charge in [-0.1, -0.05) is 17.3 Å². The standard InChI is InChI=1S/C14H15FN4O/c1-9(10-2-4-11(15)5-3-10)19-8-13(17-18-19)14(20)16-12-6-7-12/h2-5,8-9,12H,6-7H2,1H3,(H,16,20). The fourth-order valence-corrected chi connectivity index (χ4v) is 1.95. The van der Waals surface area contributed by atoms with Crippen LogP contribution in [0.5, 0.6) is 0 Å². The molecule has 5 nitrogen and oxygen atoms in total. The molecular formula is C14H15FN4O. The zero-order valence-corrected chi connectivity index (χ0v) is 11.1. The molecule has 1 atom stereocenters. The summed E-state index contributed by atoms with van der Waals surface area (Å²) >= 11 is 0. The molecule has 1 aromatic carbocycles. The average molecular weight is 274 g/mol. The lowest BCUT2D eigenvalue weighted by atomic mass is 10.1. The van der Waals surface area contributed by atoms with Gasteiger partial charge in [0, 0.05) is 6.04 Å². The molecule has 1 aliphatic carbocycles. The number of benzene rings is 1. The Hall–Kier alpha value is -2.24. The maximum atomic E-state index is 12.9. The van der Waals surface area contributed by atoms with Crippen LogP contribution in [0.25, 0.3) is 0 Å². The van der Waals surface area contributed by atoms with Gasteiger partial charge in [0.2, 0.25) is 0 Å². The van der Waals surface area contributed by atoms with E-state index in [1.807, 2.05) is 6.92 Å². The SMILES string of the molecule is CC(c1ccc(F)cc1)n1cc(C(=O)NC2CC2)nn1. The third-order valence-corrected chi connectivity index (χ3v) is 3.40. The number of hydrogen-bond donors (Lipinski definition) is 1. The summed E-state index contributed by atoms with van der Waals surface area (Å²) in [5.74, 6) is -0.464. The monoisotopic (exact) mass is 274 g/mol.